The third-order valence-corrected chi connectivity index (χ3v) is 3.61. The lowest BCUT2D eigenvalue weighted by Crippen LogP contribution is -2.33. The summed E-state index contributed by atoms with van der Waals surface area (Å²) in [5.41, 5.74) is 1.11. The molecule has 1 rings (SSSR count). The Balaban J connectivity index is 2.66. The van der Waals surface area contributed by atoms with Crippen molar-refractivity contribution < 1.29 is 4.79 Å². The molecule has 1 N–H and O–H groups in total. The van der Waals surface area contributed by atoms with Gasteiger partial charge in [0.05, 0.1) is 6.04 Å². The predicted octanol–water partition coefficient (Wildman–Crippen LogP) is 3.92. The second-order valence-electron chi connectivity index (χ2n) is 4.82. The third-order valence-electron chi connectivity index (χ3n) is 3.12. The number of halogens is 1. The highest BCUT2D eigenvalue weighted by atomic mass is 79.9. The van der Waals surface area contributed by atoms with E-state index in [1.54, 1.807) is 0 Å². The molecule has 0 fully saturated rings. The molecule has 0 radical (unpaired) electrons. The van der Waals surface area contributed by atoms with Gasteiger partial charge in [0.2, 0.25) is 5.91 Å². The maximum atomic E-state index is 11.9. The van der Waals surface area contributed by atoms with Crippen molar-refractivity contribution in [1.82, 2.24) is 5.32 Å². The van der Waals surface area contributed by atoms with Crippen molar-refractivity contribution in [1.29, 1.82) is 0 Å². The Labute approximate surface area is 112 Å². The number of carbonyl (C=O) groups excluding carboxylic acids is 1. The lowest BCUT2D eigenvalue weighted by atomic mass is 9.96. The Morgan fingerprint density at radius 3 is 2.41 bits per heavy atom. The topological polar surface area (TPSA) is 29.1 Å². The fourth-order valence-electron chi connectivity index (χ4n) is 1.51. The predicted molar refractivity (Wildman–Crippen MR) is 74.7 cm³/mol. The van der Waals surface area contributed by atoms with Gasteiger partial charge in [0.1, 0.15) is 0 Å². The van der Waals surface area contributed by atoms with Gasteiger partial charge in [-0.25, -0.2) is 0 Å². The Hall–Kier alpha value is -0.830. The van der Waals surface area contributed by atoms with Crippen molar-refractivity contribution in [3.05, 3.63) is 34.3 Å². The molecule has 2 nitrogen and oxygen atoms in total. The zero-order valence-electron chi connectivity index (χ0n) is 10.8. The Morgan fingerprint density at radius 2 is 1.88 bits per heavy atom. The van der Waals surface area contributed by atoms with Crippen LogP contribution in [-0.2, 0) is 4.79 Å². The summed E-state index contributed by atoms with van der Waals surface area (Å²) in [6.45, 7) is 8.10. The highest BCUT2D eigenvalue weighted by Gasteiger charge is 2.18. The number of benzene rings is 1. The van der Waals surface area contributed by atoms with Crippen LogP contribution in [0.3, 0.4) is 0 Å². The van der Waals surface area contributed by atoms with E-state index in [1.165, 1.54) is 0 Å². The molecule has 0 heterocycles. The molecule has 0 aromatic heterocycles. The van der Waals surface area contributed by atoms with Gasteiger partial charge in [-0.05, 0) is 30.5 Å². The molecule has 3 heteroatoms. The average Bonchev–Trinajstić information content (AvgIpc) is 2.27. The highest BCUT2D eigenvalue weighted by Crippen LogP contribution is 2.19. The summed E-state index contributed by atoms with van der Waals surface area (Å²) < 4.78 is 1.04. The molecule has 0 aliphatic rings. The summed E-state index contributed by atoms with van der Waals surface area (Å²) in [4.78, 5) is 11.9. The van der Waals surface area contributed by atoms with Crippen LogP contribution in [0.15, 0.2) is 28.7 Å². The summed E-state index contributed by atoms with van der Waals surface area (Å²) >= 11 is 3.44. The van der Waals surface area contributed by atoms with E-state index < -0.39 is 0 Å². The summed E-state index contributed by atoms with van der Waals surface area (Å²) in [7, 11) is 0. The van der Waals surface area contributed by atoms with Crippen LogP contribution in [0.5, 0.6) is 0 Å². The second kappa shape index (κ2) is 6.20. The molecule has 1 aromatic rings. The summed E-state index contributed by atoms with van der Waals surface area (Å²) in [6, 6.07) is 8.06. The van der Waals surface area contributed by atoms with Crippen molar-refractivity contribution in [2.24, 2.45) is 11.8 Å². The molecule has 17 heavy (non-hydrogen) atoms. The van der Waals surface area contributed by atoms with Gasteiger partial charge in [-0.1, -0.05) is 48.8 Å². The minimum Gasteiger partial charge on any atom is -0.349 e. The van der Waals surface area contributed by atoms with Crippen LogP contribution >= 0.6 is 15.9 Å². The van der Waals surface area contributed by atoms with Gasteiger partial charge in [-0.15, -0.1) is 0 Å². The minimum absolute atomic E-state index is 0.0428. The molecule has 94 valence electrons. The number of hydrogen-bond acceptors (Lipinski definition) is 1. The van der Waals surface area contributed by atoms with Crippen LogP contribution in [-0.4, -0.2) is 5.91 Å². The molecule has 0 spiro atoms. The maximum absolute atomic E-state index is 11.9. The Bertz CT molecular complexity index is 390. The fraction of sp³-hybridized carbons (Fsp3) is 0.500. The SMILES string of the molecule is CC(NC(=O)C(C)C(C)C)c1cccc(Br)c1. The number of amides is 1. The minimum atomic E-state index is 0.0428. The fourth-order valence-corrected chi connectivity index (χ4v) is 1.92. The van der Waals surface area contributed by atoms with E-state index in [9.17, 15) is 4.79 Å². The number of nitrogens with one attached hydrogen (secondary N) is 1. The number of rotatable bonds is 4. The summed E-state index contributed by atoms with van der Waals surface area (Å²) in [5.74, 6) is 0.529. The van der Waals surface area contributed by atoms with Crippen LogP contribution in [0, 0.1) is 11.8 Å². The monoisotopic (exact) mass is 297 g/mol. The number of carbonyl (C=O) groups is 1. The van der Waals surface area contributed by atoms with Crippen molar-refractivity contribution >= 4 is 21.8 Å². The average molecular weight is 298 g/mol. The zero-order valence-corrected chi connectivity index (χ0v) is 12.4. The molecule has 1 aromatic carbocycles. The molecular formula is C14H20BrNO. The molecule has 2 unspecified atom stereocenters. The van der Waals surface area contributed by atoms with Crippen molar-refractivity contribution in [2.45, 2.75) is 33.7 Å². The van der Waals surface area contributed by atoms with E-state index >= 15 is 0 Å². The first-order chi connectivity index (χ1) is 7.91. The lowest BCUT2D eigenvalue weighted by Gasteiger charge is -2.20. The highest BCUT2D eigenvalue weighted by molar-refractivity contribution is 9.10. The van der Waals surface area contributed by atoms with Crippen molar-refractivity contribution in [3.8, 4) is 0 Å². The first-order valence-corrected chi connectivity index (χ1v) is 6.77. The van der Waals surface area contributed by atoms with E-state index in [-0.39, 0.29) is 17.9 Å². The number of hydrogen-bond donors (Lipinski definition) is 1. The third kappa shape index (κ3) is 4.15. The van der Waals surface area contributed by atoms with Gasteiger partial charge in [-0.3, -0.25) is 4.79 Å². The molecule has 1 amide bonds. The van der Waals surface area contributed by atoms with Gasteiger partial charge in [0.25, 0.3) is 0 Å². The van der Waals surface area contributed by atoms with Crippen molar-refractivity contribution in [3.63, 3.8) is 0 Å². The van der Waals surface area contributed by atoms with Crippen LogP contribution in [0.25, 0.3) is 0 Å². The maximum Gasteiger partial charge on any atom is 0.223 e. The van der Waals surface area contributed by atoms with Crippen LogP contribution in [0.4, 0.5) is 0 Å². The first-order valence-electron chi connectivity index (χ1n) is 5.97. The van der Waals surface area contributed by atoms with Crippen molar-refractivity contribution in [2.75, 3.05) is 0 Å². The lowest BCUT2D eigenvalue weighted by molar-refractivity contribution is -0.126. The van der Waals surface area contributed by atoms with Crippen LogP contribution < -0.4 is 5.32 Å². The zero-order chi connectivity index (χ0) is 13.0. The smallest absolute Gasteiger partial charge is 0.223 e. The summed E-state index contributed by atoms with van der Waals surface area (Å²) in [6.07, 6.45) is 0. The van der Waals surface area contributed by atoms with Gasteiger partial charge in [-0.2, -0.15) is 0 Å². The van der Waals surface area contributed by atoms with E-state index in [4.69, 9.17) is 0 Å². The quantitative estimate of drug-likeness (QED) is 0.897. The van der Waals surface area contributed by atoms with Crippen LogP contribution in [0.1, 0.15) is 39.3 Å². The Kier molecular flexibility index (Phi) is 5.19. The standard InChI is InChI=1S/C14H20BrNO/c1-9(2)10(3)14(17)16-11(4)12-6-5-7-13(15)8-12/h5-11H,1-4H3,(H,16,17). The molecule has 2 atom stereocenters. The van der Waals surface area contributed by atoms with Gasteiger partial charge >= 0.3 is 0 Å². The first kappa shape index (κ1) is 14.2. The van der Waals surface area contributed by atoms with E-state index in [0.29, 0.717) is 5.92 Å². The molecule has 0 bridgehead atoms. The summed E-state index contributed by atoms with van der Waals surface area (Å²) in [5, 5.41) is 3.04. The molecule has 0 aliphatic carbocycles. The van der Waals surface area contributed by atoms with E-state index in [2.05, 4.69) is 35.1 Å². The van der Waals surface area contributed by atoms with E-state index in [1.807, 2.05) is 38.1 Å². The molecule has 0 saturated carbocycles. The molecule has 0 aliphatic heterocycles. The second-order valence-corrected chi connectivity index (χ2v) is 5.73. The Morgan fingerprint density at radius 1 is 1.24 bits per heavy atom. The molecular weight excluding hydrogens is 278 g/mol. The molecule has 0 saturated heterocycles. The van der Waals surface area contributed by atoms with Gasteiger partial charge in [0, 0.05) is 10.4 Å². The normalized spacial score (nSPS) is 14.5. The van der Waals surface area contributed by atoms with Gasteiger partial charge in [0.15, 0.2) is 0 Å². The largest absolute Gasteiger partial charge is 0.349 e. The van der Waals surface area contributed by atoms with E-state index in [0.717, 1.165) is 10.0 Å². The van der Waals surface area contributed by atoms with Crippen LogP contribution in [0.2, 0.25) is 0 Å². The van der Waals surface area contributed by atoms with Gasteiger partial charge < -0.3 is 5.32 Å².